The molecule has 0 aliphatic heterocycles. The molecule has 162 valence electrons. The zero-order valence-electron chi connectivity index (χ0n) is 17.6. The van der Waals surface area contributed by atoms with E-state index in [4.69, 9.17) is 9.47 Å². The average Bonchev–Trinajstić information content (AvgIpc) is 3.21. The number of nitrogens with zero attached hydrogens (tertiary/aromatic N) is 1. The summed E-state index contributed by atoms with van der Waals surface area (Å²) < 4.78 is 25.8. The number of hydrogen-bond acceptors (Lipinski definition) is 5. The predicted molar refractivity (Wildman–Crippen MR) is 126 cm³/mol. The Labute approximate surface area is 189 Å². The zero-order valence-corrected chi connectivity index (χ0v) is 18.4. The summed E-state index contributed by atoms with van der Waals surface area (Å²) in [6.45, 7) is 2.48. The molecule has 0 atom stereocenters. The van der Waals surface area contributed by atoms with Gasteiger partial charge in [-0.05, 0) is 54.0 Å². The van der Waals surface area contributed by atoms with Gasteiger partial charge in [-0.3, -0.25) is 10.1 Å². The number of hydrogen-bond donors (Lipinski definition) is 1. The molecule has 0 fully saturated rings. The first-order valence-corrected chi connectivity index (χ1v) is 10.7. The van der Waals surface area contributed by atoms with Crippen molar-refractivity contribution in [1.29, 1.82) is 0 Å². The Morgan fingerprint density at radius 3 is 2.75 bits per heavy atom. The van der Waals surface area contributed by atoms with Gasteiger partial charge in [0.2, 0.25) is 5.91 Å². The van der Waals surface area contributed by atoms with Gasteiger partial charge in [0.15, 0.2) is 16.6 Å². The molecule has 0 aliphatic carbocycles. The molecule has 5 nitrogen and oxygen atoms in total. The van der Waals surface area contributed by atoms with Crippen LogP contribution < -0.4 is 14.8 Å². The van der Waals surface area contributed by atoms with E-state index in [-0.39, 0.29) is 11.4 Å². The number of rotatable bonds is 7. The maximum absolute atomic E-state index is 13.8. The molecule has 1 N–H and O–H groups in total. The number of nitrogens with one attached hydrogen (secondary N) is 1. The smallest absolute Gasteiger partial charge is 0.250 e. The van der Waals surface area contributed by atoms with Gasteiger partial charge in [0.05, 0.1) is 11.8 Å². The monoisotopic (exact) mass is 448 g/mol. The number of fused-ring (bicyclic) bond motifs is 1. The van der Waals surface area contributed by atoms with E-state index in [2.05, 4.69) is 10.3 Å². The number of halogens is 1. The first-order chi connectivity index (χ1) is 15.5. The number of para-hydroxylation sites is 1. The van der Waals surface area contributed by atoms with Gasteiger partial charge in [0, 0.05) is 6.08 Å². The Kier molecular flexibility index (Phi) is 6.47. The minimum atomic E-state index is -0.411. The van der Waals surface area contributed by atoms with Gasteiger partial charge in [0.1, 0.15) is 17.9 Å². The van der Waals surface area contributed by atoms with Crippen LogP contribution in [0.4, 0.5) is 9.52 Å². The molecule has 0 radical (unpaired) electrons. The standard InChI is InChI=1S/C25H21FN2O3S/c1-16-6-3-4-7-18(16)15-31-20-12-10-17(14-21(20)30-2)11-13-23(29)27-25-28-24-19(26)8-5-9-22(24)32-25/h3-14H,15H2,1-2H3,(H,27,28,29)/b13-11+. The molecule has 1 heterocycles. The second-order valence-electron chi connectivity index (χ2n) is 7.05. The molecule has 0 aliphatic rings. The second-order valence-corrected chi connectivity index (χ2v) is 8.08. The lowest BCUT2D eigenvalue weighted by Gasteiger charge is -2.12. The van der Waals surface area contributed by atoms with Gasteiger partial charge in [-0.15, -0.1) is 0 Å². The number of ether oxygens (including phenoxy) is 2. The number of thiazole rings is 1. The van der Waals surface area contributed by atoms with Crippen molar-refractivity contribution in [1.82, 2.24) is 4.98 Å². The summed E-state index contributed by atoms with van der Waals surface area (Å²) in [5.74, 6) is 0.423. The third-order valence-electron chi connectivity index (χ3n) is 4.86. The molecule has 0 bridgehead atoms. The van der Waals surface area contributed by atoms with Crippen LogP contribution in [0.5, 0.6) is 11.5 Å². The van der Waals surface area contributed by atoms with Gasteiger partial charge >= 0.3 is 0 Å². The molecule has 1 aromatic heterocycles. The minimum Gasteiger partial charge on any atom is -0.493 e. The van der Waals surface area contributed by atoms with E-state index in [1.807, 2.05) is 43.3 Å². The number of aromatic nitrogens is 1. The molecule has 0 unspecified atom stereocenters. The van der Waals surface area contributed by atoms with Crippen molar-refractivity contribution < 1.29 is 18.7 Å². The third kappa shape index (κ3) is 4.95. The molecule has 1 amide bonds. The first kappa shape index (κ1) is 21.5. The molecule has 32 heavy (non-hydrogen) atoms. The van der Waals surface area contributed by atoms with Crippen LogP contribution >= 0.6 is 11.3 Å². The van der Waals surface area contributed by atoms with E-state index in [9.17, 15) is 9.18 Å². The summed E-state index contributed by atoms with van der Waals surface area (Å²) in [5.41, 5.74) is 3.29. The van der Waals surface area contributed by atoms with Crippen molar-refractivity contribution in [2.45, 2.75) is 13.5 Å². The van der Waals surface area contributed by atoms with Crippen LogP contribution in [0.2, 0.25) is 0 Å². The van der Waals surface area contributed by atoms with Crippen LogP contribution in [0.15, 0.2) is 66.7 Å². The number of methoxy groups -OCH3 is 1. The Morgan fingerprint density at radius 2 is 1.97 bits per heavy atom. The Hall–Kier alpha value is -3.71. The minimum absolute atomic E-state index is 0.253. The molecule has 0 saturated heterocycles. The van der Waals surface area contributed by atoms with Crippen LogP contribution in [-0.4, -0.2) is 18.0 Å². The highest BCUT2D eigenvalue weighted by molar-refractivity contribution is 7.22. The van der Waals surface area contributed by atoms with Gasteiger partial charge in [0.25, 0.3) is 0 Å². The molecule has 0 spiro atoms. The lowest BCUT2D eigenvalue weighted by atomic mass is 10.1. The van der Waals surface area contributed by atoms with Gasteiger partial charge in [-0.2, -0.15) is 0 Å². The van der Waals surface area contributed by atoms with Crippen LogP contribution in [0.3, 0.4) is 0 Å². The fourth-order valence-corrected chi connectivity index (χ4v) is 4.01. The lowest BCUT2D eigenvalue weighted by molar-refractivity contribution is -0.111. The fraction of sp³-hybridized carbons (Fsp3) is 0.120. The van der Waals surface area contributed by atoms with E-state index < -0.39 is 5.82 Å². The third-order valence-corrected chi connectivity index (χ3v) is 5.80. The van der Waals surface area contributed by atoms with E-state index in [0.717, 1.165) is 16.7 Å². The number of carbonyl (C=O) groups excluding carboxylic acids is 1. The maximum atomic E-state index is 13.8. The van der Waals surface area contributed by atoms with Crippen molar-refractivity contribution >= 4 is 38.7 Å². The van der Waals surface area contributed by atoms with Crippen molar-refractivity contribution in [2.24, 2.45) is 0 Å². The van der Waals surface area contributed by atoms with Crippen molar-refractivity contribution in [2.75, 3.05) is 12.4 Å². The van der Waals surface area contributed by atoms with Gasteiger partial charge in [-0.25, -0.2) is 9.37 Å². The topological polar surface area (TPSA) is 60.5 Å². The Balaban J connectivity index is 1.42. The largest absolute Gasteiger partial charge is 0.493 e. The van der Waals surface area contributed by atoms with E-state index in [1.54, 1.807) is 31.4 Å². The maximum Gasteiger partial charge on any atom is 0.250 e. The summed E-state index contributed by atoms with van der Waals surface area (Å²) in [4.78, 5) is 16.4. The number of aryl methyl sites for hydroxylation is 1. The second kappa shape index (κ2) is 9.62. The van der Waals surface area contributed by atoms with Crippen LogP contribution in [0, 0.1) is 12.7 Å². The average molecular weight is 449 g/mol. The quantitative estimate of drug-likeness (QED) is 0.353. The van der Waals surface area contributed by atoms with E-state index in [0.29, 0.717) is 27.9 Å². The van der Waals surface area contributed by atoms with Gasteiger partial charge < -0.3 is 9.47 Å². The molecule has 0 saturated carbocycles. The summed E-state index contributed by atoms with van der Waals surface area (Å²) >= 11 is 1.22. The summed E-state index contributed by atoms with van der Waals surface area (Å²) in [7, 11) is 1.57. The van der Waals surface area contributed by atoms with Crippen LogP contribution in [-0.2, 0) is 11.4 Å². The zero-order chi connectivity index (χ0) is 22.5. The predicted octanol–water partition coefficient (Wildman–Crippen LogP) is 5.98. The van der Waals surface area contributed by atoms with Crippen molar-refractivity contribution in [3.8, 4) is 11.5 Å². The molecule has 4 rings (SSSR count). The van der Waals surface area contributed by atoms with E-state index >= 15 is 0 Å². The van der Waals surface area contributed by atoms with Crippen LogP contribution in [0.1, 0.15) is 16.7 Å². The van der Waals surface area contributed by atoms with Crippen molar-refractivity contribution in [3.63, 3.8) is 0 Å². The lowest BCUT2D eigenvalue weighted by Crippen LogP contribution is -2.07. The Morgan fingerprint density at radius 1 is 1.12 bits per heavy atom. The number of benzene rings is 3. The van der Waals surface area contributed by atoms with Gasteiger partial charge in [-0.1, -0.05) is 47.7 Å². The summed E-state index contributed by atoms with van der Waals surface area (Å²) in [6, 6.07) is 18.2. The SMILES string of the molecule is COc1cc(/C=C/C(=O)Nc2nc3c(F)cccc3s2)ccc1OCc1ccccc1C. The number of anilines is 1. The summed E-state index contributed by atoms with van der Waals surface area (Å²) in [5, 5.41) is 3.02. The normalized spacial score (nSPS) is 11.1. The van der Waals surface area contributed by atoms with E-state index in [1.165, 1.54) is 23.5 Å². The number of carbonyl (C=O) groups is 1. The molecular weight excluding hydrogens is 427 g/mol. The van der Waals surface area contributed by atoms with Crippen molar-refractivity contribution in [3.05, 3.63) is 89.2 Å². The molecule has 4 aromatic rings. The Bertz CT molecular complexity index is 1300. The fourth-order valence-electron chi connectivity index (χ4n) is 3.12. The highest BCUT2D eigenvalue weighted by Gasteiger charge is 2.10. The summed E-state index contributed by atoms with van der Waals surface area (Å²) in [6.07, 6.45) is 3.06. The highest BCUT2D eigenvalue weighted by atomic mass is 32.1. The highest BCUT2D eigenvalue weighted by Crippen LogP contribution is 2.30. The first-order valence-electron chi connectivity index (χ1n) is 9.93. The van der Waals surface area contributed by atoms with Crippen LogP contribution in [0.25, 0.3) is 16.3 Å². The molecule has 3 aromatic carbocycles. The number of amides is 1. The molecule has 7 heteroatoms. The molecular formula is C25H21FN2O3S.